The van der Waals surface area contributed by atoms with Crippen molar-refractivity contribution in [2.45, 2.75) is 65.8 Å². The Morgan fingerprint density at radius 2 is 1.85 bits per heavy atom. The molecule has 4 nitrogen and oxygen atoms in total. The minimum atomic E-state index is -4.60. The second-order valence-corrected chi connectivity index (χ2v) is 9.65. The summed E-state index contributed by atoms with van der Waals surface area (Å²) in [6.45, 7) is 12.7. The molecule has 0 aliphatic rings. The normalized spacial score (nSPS) is 17.0. The van der Waals surface area contributed by atoms with Gasteiger partial charge in [-0.25, -0.2) is 0 Å². The Balaban J connectivity index is 6.14. The lowest BCUT2D eigenvalue weighted by Gasteiger charge is -2.25. The maximum Gasteiger partial charge on any atom is 0.417 e. The van der Waals surface area contributed by atoms with Crippen LogP contribution in [0.1, 0.15) is 47.5 Å². The molecule has 0 spiro atoms. The summed E-state index contributed by atoms with van der Waals surface area (Å²) in [5.41, 5.74) is 0.572. The first-order valence-corrected chi connectivity index (χ1v) is 14.6. The van der Waals surface area contributed by atoms with Crippen molar-refractivity contribution >= 4 is 35.8 Å². The van der Waals surface area contributed by atoms with E-state index in [1.807, 2.05) is 26.8 Å². The van der Waals surface area contributed by atoms with Gasteiger partial charge in [-0.05, 0) is 62.3 Å². The summed E-state index contributed by atoms with van der Waals surface area (Å²) < 4.78 is 56.2. The Hall–Kier alpha value is -1.10. The maximum atomic E-state index is 12.7. The number of aliphatic hydroxyl groups excluding tert-OH is 1. The topological polar surface area (TPSA) is 47.9 Å². The quantitative estimate of drug-likeness (QED) is 0.0928. The standard InChI is InChI=1S/C25H37ClF3IO4/c1-9-18(15-19(10-2)34-14-13-20(26)16(5)25(27,28)29)23(30-7)22(21(11-3)32-8)24(31)17(6)33-12-4/h10,13,15,17,21,31H,5,9,11-12,14H2,1-4,6-8H3/b18-15-,19-10+,20-13+,24-22-/t17?,21-/m1/s1. The summed E-state index contributed by atoms with van der Waals surface area (Å²) in [6.07, 6.45) is 0.639. The molecule has 0 heterocycles. The Labute approximate surface area is 216 Å². The molecule has 0 bridgehead atoms. The van der Waals surface area contributed by atoms with Gasteiger partial charge >= 0.3 is 6.18 Å². The van der Waals surface area contributed by atoms with E-state index >= 15 is 0 Å². The van der Waals surface area contributed by atoms with Crippen LogP contribution in [0.5, 0.6) is 0 Å². The molecule has 1 N–H and O–H groups in total. The molecule has 0 saturated heterocycles. The molecular weight excluding hydrogens is 584 g/mol. The van der Waals surface area contributed by atoms with Gasteiger partial charge in [0.05, 0.1) is 16.7 Å². The van der Waals surface area contributed by atoms with Gasteiger partial charge in [0.25, 0.3) is 0 Å². The van der Waals surface area contributed by atoms with Gasteiger partial charge in [-0.1, -0.05) is 32.0 Å². The van der Waals surface area contributed by atoms with Crippen LogP contribution in [0.3, 0.4) is 0 Å². The van der Waals surface area contributed by atoms with Crippen LogP contribution < -0.4 is 0 Å². The molecule has 0 fully saturated rings. The third kappa shape index (κ3) is 10.3. The van der Waals surface area contributed by atoms with E-state index in [9.17, 15) is 18.3 Å². The number of ether oxygens (including phenoxy) is 3. The molecule has 196 valence electrons. The third-order valence-corrected chi connectivity index (χ3v) is 7.62. The second-order valence-electron chi connectivity index (χ2n) is 7.09. The predicted molar refractivity (Wildman–Crippen MR) is 144 cm³/mol. The molecule has 0 aromatic carbocycles. The van der Waals surface area contributed by atoms with Gasteiger partial charge in [0.2, 0.25) is 0 Å². The molecular formula is C25H37ClF3IO4. The van der Waals surface area contributed by atoms with Gasteiger partial charge in [0, 0.05) is 22.8 Å². The molecule has 0 aliphatic carbocycles. The van der Waals surface area contributed by atoms with E-state index in [4.69, 9.17) is 25.8 Å². The zero-order chi connectivity index (χ0) is 26.5. The fourth-order valence-corrected chi connectivity index (χ4v) is 5.63. The summed E-state index contributed by atoms with van der Waals surface area (Å²) in [5.74, 6) is 0.627. The molecule has 34 heavy (non-hydrogen) atoms. The van der Waals surface area contributed by atoms with Gasteiger partial charge in [-0.2, -0.15) is 13.2 Å². The highest BCUT2D eigenvalue weighted by Gasteiger charge is 2.33. The van der Waals surface area contributed by atoms with Crippen molar-refractivity contribution < 1.29 is 32.5 Å². The first-order valence-electron chi connectivity index (χ1n) is 11.0. The molecule has 0 aromatic heterocycles. The average Bonchev–Trinajstić information content (AvgIpc) is 2.80. The zero-order valence-electron chi connectivity index (χ0n) is 21.0. The van der Waals surface area contributed by atoms with E-state index < -0.39 is 43.6 Å². The van der Waals surface area contributed by atoms with Crippen LogP contribution in [0, 0.1) is 0 Å². The highest BCUT2D eigenvalue weighted by molar-refractivity contribution is 14.2. The summed E-state index contributed by atoms with van der Waals surface area (Å²) in [4.78, 5) is 2.10. The minimum Gasteiger partial charge on any atom is -0.509 e. The van der Waals surface area contributed by atoms with Crippen LogP contribution in [-0.4, -0.2) is 52.3 Å². The summed E-state index contributed by atoms with van der Waals surface area (Å²) >= 11 is 5.21. The van der Waals surface area contributed by atoms with Crippen molar-refractivity contribution in [2.75, 3.05) is 25.3 Å². The molecule has 1 unspecified atom stereocenters. The molecule has 0 radical (unpaired) electrons. The smallest absolute Gasteiger partial charge is 0.417 e. The van der Waals surface area contributed by atoms with Gasteiger partial charge < -0.3 is 19.3 Å². The number of hydrogen-bond acceptors (Lipinski definition) is 4. The zero-order valence-corrected chi connectivity index (χ0v) is 23.9. The fourth-order valence-electron chi connectivity index (χ4n) is 3.02. The Morgan fingerprint density at radius 1 is 1.24 bits per heavy atom. The molecule has 0 amide bonds. The van der Waals surface area contributed by atoms with Gasteiger partial charge in [-0.3, -0.25) is 0 Å². The molecule has 0 aliphatic heterocycles. The van der Waals surface area contributed by atoms with Crippen LogP contribution in [0.4, 0.5) is 13.2 Å². The number of allylic oxidation sites excluding steroid dienone is 5. The summed E-state index contributed by atoms with van der Waals surface area (Å²) in [7, 11) is 1.61. The third-order valence-electron chi connectivity index (χ3n) is 4.89. The van der Waals surface area contributed by atoms with Gasteiger partial charge in [0.1, 0.15) is 24.2 Å². The molecule has 0 saturated carbocycles. The highest BCUT2D eigenvalue weighted by atomic mass is 127. The van der Waals surface area contributed by atoms with E-state index in [1.54, 1.807) is 27.0 Å². The molecule has 9 heteroatoms. The Kier molecular flexibility index (Phi) is 16.0. The monoisotopic (exact) mass is 620 g/mol. The van der Waals surface area contributed by atoms with Gasteiger partial charge in [-0.15, -0.1) is 20.7 Å². The van der Waals surface area contributed by atoms with Crippen molar-refractivity contribution in [3.05, 3.63) is 58.1 Å². The number of aliphatic hydroxyl groups is 1. The number of hydrogen-bond donors (Lipinski definition) is 1. The lowest BCUT2D eigenvalue weighted by atomic mass is 9.94. The largest absolute Gasteiger partial charge is 0.509 e. The predicted octanol–water partition coefficient (Wildman–Crippen LogP) is 7.92. The molecule has 0 rings (SSSR count). The van der Waals surface area contributed by atoms with Crippen molar-refractivity contribution in [1.82, 2.24) is 0 Å². The SMILES string of the molecule is C=C(/C(Cl)=C\COC(/C=C(/CC)C(=IC)/C(=C(\O)C(C)OCC)[C@@H](CC)OC)=C/C)C(F)(F)F. The fraction of sp³-hybridized carbons (Fsp3) is 0.560. The van der Waals surface area contributed by atoms with E-state index in [-0.39, 0.29) is 18.5 Å². The Bertz CT molecular complexity index is 823. The first kappa shape index (κ1) is 32.9. The second kappa shape index (κ2) is 16.5. The number of rotatable bonds is 14. The Morgan fingerprint density at radius 3 is 2.26 bits per heavy atom. The van der Waals surface area contributed by atoms with E-state index in [1.165, 1.54) is 0 Å². The lowest BCUT2D eigenvalue weighted by molar-refractivity contribution is -0.0882. The van der Waals surface area contributed by atoms with Crippen molar-refractivity contribution in [1.29, 1.82) is 0 Å². The van der Waals surface area contributed by atoms with Crippen molar-refractivity contribution in [3.63, 3.8) is 0 Å². The minimum absolute atomic E-state index is 0.148. The van der Waals surface area contributed by atoms with Crippen LogP contribution in [0.25, 0.3) is 0 Å². The van der Waals surface area contributed by atoms with Crippen molar-refractivity contribution in [3.8, 4) is 0 Å². The van der Waals surface area contributed by atoms with Crippen LogP contribution >= 0.6 is 32.3 Å². The van der Waals surface area contributed by atoms with Crippen LogP contribution in [0.2, 0.25) is 0 Å². The number of methoxy groups -OCH3 is 1. The van der Waals surface area contributed by atoms with E-state index in [2.05, 4.69) is 11.5 Å². The molecule has 2 atom stereocenters. The van der Waals surface area contributed by atoms with Gasteiger partial charge in [0.15, 0.2) is 0 Å². The van der Waals surface area contributed by atoms with E-state index in [0.717, 1.165) is 20.7 Å². The van der Waals surface area contributed by atoms with Crippen LogP contribution in [-0.2, 0) is 14.2 Å². The van der Waals surface area contributed by atoms with E-state index in [0.29, 0.717) is 25.2 Å². The number of halogens is 5. The first-order chi connectivity index (χ1) is 15.9. The highest BCUT2D eigenvalue weighted by Crippen LogP contribution is 2.32. The van der Waals surface area contributed by atoms with Crippen molar-refractivity contribution in [2.24, 2.45) is 0 Å². The number of alkyl halides is 4. The maximum absolute atomic E-state index is 12.7. The van der Waals surface area contributed by atoms with Crippen LogP contribution in [0.15, 0.2) is 58.1 Å². The lowest BCUT2D eigenvalue weighted by Crippen LogP contribution is -2.26. The summed E-state index contributed by atoms with van der Waals surface area (Å²) in [6, 6.07) is 0. The molecule has 0 aromatic rings. The average molecular weight is 621 g/mol. The summed E-state index contributed by atoms with van der Waals surface area (Å²) in [5, 5.41) is 10.6.